The number of hydrogen-bond donors (Lipinski definition) is 0. The van der Waals surface area contributed by atoms with E-state index in [9.17, 15) is 0 Å². The molecule has 1 saturated heterocycles. The van der Waals surface area contributed by atoms with Gasteiger partial charge in [-0.15, -0.1) is 11.3 Å². The van der Waals surface area contributed by atoms with Crippen molar-refractivity contribution in [1.82, 2.24) is 9.97 Å². The molecule has 106 valence electrons. The van der Waals surface area contributed by atoms with Crippen LogP contribution in [0.25, 0.3) is 10.2 Å². The molecule has 20 heavy (non-hydrogen) atoms. The zero-order chi connectivity index (χ0) is 13.7. The summed E-state index contributed by atoms with van der Waals surface area (Å²) in [6.45, 7) is 5.74. The van der Waals surface area contributed by atoms with Crippen LogP contribution in [0.3, 0.4) is 0 Å². The van der Waals surface area contributed by atoms with Gasteiger partial charge in [-0.2, -0.15) is 0 Å². The summed E-state index contributed by atoms with van der Waals surface area (Å²) in [5, 5.41) is 1.26. The molecule has 0 radical (unpaired) electrons. The third kappa shape index (κ3) is 1.85. The van der Waals surface area contributed by atoms with Crippen molar-refractivity contribution >= 4 is 27.4 Å². The first-order chi connectivity index (χ1) is 9.74. The molecule has 3 unspecified atom stereocenters. The highest BCUT2D eigenvalue weighted by atomic mass is 32.1. The van der Waals surface area contributed by atoms with Gasteiger partial charge in [-0.25, -0.2) is 9.97 Å². The fourth-order valence-corrected chi connectivity index (χ4v) is 5.05. The van der Waals surface area contributed by atoms with Crippen LogP contribution in [-0.4, -0.2) is 22.6 Å². The Labute approximate surface area is 124 Å². The Balaban J connectivity index is 1.79. The fourth-order valence-electron chi connectivity index (χ4n) is 4.21. The lowest BCUT2D eigenvalue weighted by Crippen LogP contribution is -2.35. The van der Waals surface area contributed by atoms with Gasteiger partial charge in [0.15, 0.2) is 0 Å². The van der Waals surface area contributed by atoms with Gasteiger partial charge in [-0.3, -0.25) is 0 Å². The molecule has 0 amide bonds. The number of thiophene rings is 1. The van der Waals surface area contributed by atoms with Crippen LogP contribution in [0.15, 0.2) is 12.4 Å². The average molecular weight is 287 g/mol. The van der Waals surface area contributed by atoms with Gasteiger partial charge in [-0.05, 0) is 37.7 Å². The molecule has 1 aliphatic heterocycles. The van der Waals surface area contributed by atoms with E-state index in [1.807, 2.05) is 0 Å². The van der Waals surface area contributed by atoms with Crippen LogP contribution in [0.1, 0.15) is 37.5 Å². The molecule has 3 heterocycles. The molecule has 3 atom stereocenters. The van der Waals surface area contributed by atoms with E-state index in [1.54, 1.807) is 17.7 Å². The van der Waals surface area contributed by atoms with Gasteiger partial charge in [0.05, 0.1) is 5.39 Å². The third-order valence-electron chi connectivity index (χ3n) is 5.10. The van der Waals surface area contributed by atoms with Crippen LogP contribution in [0.4, 0.5) is 5.82 Å². The van der Waals surface area contributed by atoms with Crippen LogP contribution >= 0.6 is 11.3 Å². The first kappa shape index (κ1) is 12.6. The van der Waals surface area contributed by atoms with Gasteiger partial charge in [-0.1, -0.05) is 19.8 Å². The van der Waals surface area contributed by atoms with Crippen molar-refractivity contribution in [3.8, 4) is 0 Å². The van der Waals surface area contributed by atoms with E-state index >= 15 is 0 Å². The average Bonchev–Trinajstić information content (AvgIpc) is 2.99. The smallest absolute Gasteiger partial charge is 0.141 e. The number of aryl methyl sites for hydroxylation is 1. The second kappa shape index (κ2) is 4.69. The van der Waals surface area contributed by atoms with Gasteiger partial charge in [0.1, 0.15) is 17.0 Å². The summed E-state index contributed by atoms with van der Waals surface area (Å²) < 4.78 is 0. The van der Waals surface area contributed by atoms with Crippen molar-refractivity contribution in [2.75, 3.05) is 11.4 Å². The molecule has 4 heteroatoms. The van der Waals surface area contributed by atoms with Gasteiger partial charge in [0.25, 0.3) is 0 Å². The first-order valence-corrected chi connectivity index (χ1v) is 8.53. The molecule has 0 bridgehead atoms. The van der Waals surface area contributed by atoms with Crippen LogP contribution in [0.5, 0.6) is 0 Å². The Hall–Kier alpha value is -1.16. The minimum atomic E-state index is 0.706. The molecule has 1 saturated carbocycles. The number of hydrogen-bond acceptors (Lipinski definition) is 4. The van der Waals surface area contributed by atoms with Crippen LogP contribution < -0.4 is 4.90 Å². The van der Waals surface area contributed by atoms with Crippen molar-refractivity contribution in [1.29, 1.82) is 0 Å². The highest BCUT2D eigenvalue weighted by Crippen LogP contribution is 2.43. The molecule has 1 aliphatic carbocycles. The normalized spacial score (nSPS) is 29.9. The third-order valence-corrected chi connectivity index (χ3v) is 6.06. The lowest BCUT2D eigenvalue weighted by atomic mass is 9.80. The Morgan fingerprint density at radius 1 is 1.25 bits per heavy atom. The summed E-state index contributed by atoms with van der Waals surface area (Å²) >= 11 is 1.78. The molecule has 0 aromatic carbocycles. The lowest BCUT2D eigenvalue weighted by molar-refractivity contribution is 0.293. The second-order valence-corrected chi connectivity index (χ2v) is 7.65. The van der Waals surface area contributed by atoms with Gasteiger partial charge < -0.3 is 4.90 Å². The summed E-state index contributed by atoms with van der Waals surface area (Å²) in [6, 6.07) is 2.97. The number of anilines is 1. The van der Waals surface area contributed by atoms with E-state index < -0.39 is 0 Å². The minimum absolute atomic E-state index is 0.706. The topological polar surface area (TPSA) is 29.0 Å². The summed E-state index contributed by atoms with van der Waals surface area (Å²) in [7, 11) is 0. The zero-order valence-corrected chi connectivity index (χ0v) is 13.0. The van der Waals surface area contributed by atoms with Crippen molar-refractivity contribution in [2.24, 2.45) is 11.8 Å². The highest BCUT2D eigenvalue weighted by molar-refractivity contribution is 7.18. The summed E-state index contributed by atoms with van der Waals surface area (Å²) in [4.78, 5) is 14.1. The standard InChI is InChI=1S/C16H21N3S/c1-10-8-19(14-6-4-3-5-12(10)14)15-13-7-11(2)20-16(13)18-9-17-15/h7,9-10,12,14H,3-6,8H2,1-2H3. The summed E-state index contributed by atoms with van der Waals surface area (Å²) in [5.74, 6) is 2.85. The van der Waals surface area contributed by atoms with E-state index in [0.717, 1.165) is 23.2 Å². The van der Waals surface area contributed by atoms with Gasteiger partial charge in [0, 0.05) is 17.5 Å². The number of fused-ring (bicyclic) bond motifs is 2. The number of nitrogens with zero attached hydrogens (tertiary/aromatic N) is 3. The predicted octanol–water partition coefficient (Wildman–Crippen LogP) is 4.01. The maximum atomic E-state index is 4.65. The van der Waals surface area contributed by atoms with Crippen molar-refractivity contribution < 1.29 is 0 Å². The summed E-state index contributed by atoms with van der Waals surface area (Å²) in [5.41, 5.74) is 0. The molecular formula is C16H21N3S. The van der Waals surface area contributed by atoms with Crippen molar-refractivity contribution in [3.05, 3.63) is 17.3 Å². The Morgan fingerprint density at radius 2 is 2.10 bits per heavy atom. The van der Waals surface area contributed by atoms with E-state index in [1.165, 1.54) is 41.8 Å². The van der Waals surface area contributed by atoms with E-state index in [4.69, 9.17) is 0 Å². The molecule has 0 N–H and O–H groups in total. The highest BCUT2D eigenvalue weighted by Gasteiger charge is 2.41. The number of rotatable bonds is 1. The van der Waals surface area contributed by atoms with E-state index in [2.05, 4.69) is 34.8 Å². The van der Waals surface area contributed by atoms with Crippen molar-refractivity contribution in [3.63, 3.8) is 0 Å². The maximum Gasteiger partial charge on any atom is 0.141 e. The quantitative estimate of drug-likeness (QED) is 0.793. The molecule has 2 aromatic heterocycles. The minimum Gasteiger partial charge on any atom is -0.352 e. The predicted molar refractivity (Wildman–Crippen MR) is 84.4 cm³/mol. The lowest BCUT2D eigenvalue weighted by Gasteiger charge is -2.33. The number of aromatic nitrogens is 2. The molecule has 4 rings (SSSR count). The van der Waals surface area contributed by atoms with Gasteiger partial charge >= 0.3 is 0 Å². The molecule has 2 aromatic rings. The van der Waals surface area contributed by atoms with Crippen LogP contribution in [0, 0.1) is 18.8 Å². The Bertz CT molecular complexity index is 636. The van der Waals surface area contributed by atoms with Crippen molar-refractivity contribution in [2.45, 2.75) is 45.6 Å². The summed E-state index contributed by atoms with van der Waals surface area (Å²) in [6.07, 6.45) is 7.27. The first-order valence-electron chi connectivity index (χ1n) is 7.72. The Morgan fingerprint density at radius 3 is 3.00 bits per heavy atom. The molecule has 2 aliphatic rings. The molecule has 0 spiro atoms. The maximum absolute atomic E-state index is 4.65. The second-order valence-electron chi connectivity index (χ2n) is 6.42. The molecule has 2 fully saturated rings. The fraction of sp³-hybridized carbons (Fsp3) is 0.625. The van der Waals surface area contributed by atoms with Gasteiger partial charge in [0.2, 0.25) is 0 Å². The zero-order valence-electron chi connectivity index (χ0n) is 12.2. The SMILES string of the molecule is Cc1cc2c(N3CC(C)C4CCCCC43)ncnc2s1. The Kier molecular flexibility index (Phi) is 2.95. The van der Waals surface area contributed by atoms with Crippen LogP contribution in [-0.2, 0) is 0 Å². The molecular weight excluding hydrogens is 266 g/mol. The monoisotopic (exact) mass is 287 g/mol. The largest absolute Gasteiger partial charge is 0.352 e. The van der Waals surface area contributed by atoms with E-state index in [-0.39, 0.29) is 0 Å². The van der Waals surface area contributed by atoms with Crippen LogP contribution in [0.2, 0.25) is 0 Å². The van der Waals surface area contributed by atoms with E-state index in [0.29, 0.717) is 6.04 Å². The molecule has 3 nitrogen and oxygen atoms in total.